The Hall–Kier alpha value is -2.34. The molecule has 1 atom stereocenters. The summed E-state index contributed by atoms with van der Waals surface area (Å²) in [7, 11) is 0. The van der Waals surface area contributed by atoms with E-state index in [4.69, 9.17) is 4.74 Å². The van der Waals surface area contributed by atoms with E-state index in [9.17, 15) is 4.79 Å². The number of fused-ring (bicyclic) bond motifs is 2. The molecule has 2 aromatic heterocycles. The molecule has 0 saturated carbocycles. The van der Waals surface area contributed by atoms with Gasteiger partial charge in [-0.25, -0.2) is 4.98 Å². The number of imidazole rings is 1. The van der Waals surface area contributed by atoms with Crippen molar-refractivity contribution in [3.05, 3.63) is 36.0 Å². The third-order valence-corrected chi connectivity index (χ3v) is 4.07. The van der Waals surface area contributed by atoms with Crippen molar-refractivity contribution in [3.63, 3.8) is 0 Å². The summed E-state index contributed by atoms with van der Waals surface area (Å²) in [5, 5.41) is 4.85. The average molecular weight is 285 g/mol. The van der Waals surface area contributed by atoms with Gasteiger partial charge in [0.1, 0.15) is 5.75 Å². The van der Waals surface area contributed by atoms with Crippen molar-refractivity contribution in [1.82, 2.24) is 9.38 Å². The monoisotopic (exact) mass is 285 g/mol. The Morgan fingerprint density at radius 1 is 1.45 bits per heavy atom. The highest BCUT2D eigenvalue weighted by Crippen LogP contribution is 2.34. The quantitative estimate of drug-likeness (QED) is 0.748. The number of rotatable bonds is 1. The summed E-state index contributed by atoms with van der Waals surface area (Å²) >= 11 is 1.59. The minimum absolute atomic E-state index is 0.125. The maximum Gasteiger partial charge on any atom is 0.265 e. The molecule has 4 rings (SSSR count). The highest BCUT2D eigenvalue weighted by atomic mass is 32.1. The largest absolute Gasteiger partial charge is 0.479 e. The van der Waals surface area contributed by atoms with Crippen molar-refractivity contribution in [2.45, 2.75) is 13.0 Å². The standard InChI is InChI=1S/C14H11N3O2S/c1-8-13(18)15-10-6-9(2-3-12(10)19-8)11-7-17-4-5-20-14(17)16-11/h2-8H,1H3,(H,15,18)/t8-/m1/s1. The van der Waals surface area contributed by atoms with Crippen LogP contribution in [0.3, 0.4) is 0 Å². The summed E-state index contributed by atoms with van der Waals surface area (Å²) in [4.78, 5) is 17.2. The molecule has 100 valence electrons. The van der Waals surface area contributed by atoms with E-state index in [1.165, 1.54) is 0 Å². The molecule has 1 N–H and O–H groups in total. The molecule has 1 amide bonds. The van der Waals surface area contributed by atoms with Gasteiger partial charge >= 0.3 is 0 Å². The molecule has 0 saturated heterocycles. The fourth-order valence-corrected chi connectivity index (χ4v) is 2.93. The van der Waals surface area contributed by atoms with Gasteiger partial charge in [-0.3, -0.25) is 9.20 Å². The number of carbonyl (C=O) groups excluding carboxylic acids is 1. The Balaban J connectivity index is 1.78. The second-order valence-electron chi connectivity index (χ2n) is 4.68. The van der Waals surface area contributed by atoms with E-state index >= 15 is 0 Å². The van der Waals surface area contributed by atoms with Crippen LogP contribution in [0.15, 0.2) is 36.0 Å². The lowest BCUT2D eigenvalue weighted by molar-refractivity contribution is -0.122. The van der Waals surface area contributed by atoms with E-state index < -0.39 is 6.10 Å². The highest BCUT2D eigenvalue weighted by molar-refractivity contribution is 7.15. The number of anilines is 1. The maximum atomic E-state index is 11.6. The van der Waals surface area contributed by atoms with Crippen LogP contribution in [0.4, 0.5) is 5.69 Å². The van der Waals surface area contributed by atoms with Crippen LogP contribution in [-0.2, 0) is 4.79 Å². The van der Waals surface area contributed by atoms with E-state index in [0.717, 1.165) is 16.2 Å². The first kappa shape index (κ1) is 11.5. The van der Waals surface area contributed by atoms with Gasteiger partial charge in [-0.1, -0.05) is 0 Å². The summed E-state index contributed by atoms with van der Waals surface area (Å²) in [6.45, 7) is 1.73. The van der Waals surface area contributed by atoms with Gasteiger partial charge in [-0.05, 0) is 25.1 Å². The van der Waals surface area contributed by atoms with Gasteiger partial charge in [0.05, 0.1) is 11.4 Å². The zero-order chi connectivity index (χ0) is 13.7. The van der Waals surface area contributed by atoms with E-state index in [1.54, 1.807) is 18.3 Å². The summed E-state index contributed by atoms with van der Waals surface area (Å²) in [6, 6.07) is 5.72. The van der Waals surface area contributed by atoms with E-state index in [-0.39, 0.29) is 5.91 Å². The number of aromatic nitrogens is 2. The number of ether oxygens (including phenoxy) is 1. The summed E-state index contributed by atoms with van der Waals surface area (Å²) in [5.74, 6) is 0.572. The molecular formula is C14H11N3O2S. The van der Waals surface area contributed by atoms with Gasteiger partial charge in [-0.2, -0.15) is 0 Å². The lowest BCUT2D eigenvalue weighted by Crippen LogP contribution is -2.34. The number of nitrogens with zero attached hydrogens (tertiary/aromatic N) is 2. The molecule has 0 radical (unpaired) electrons. The first-order chi connectivity index (χ1) is 9.70. The van der Waals surface area contributed by atoms with Crippen LogP contribution < -0.4 is 10.1 Å². The molecule has 0 unspecified atom stereocenters. The molecule has 5 nitrogen and oxygen atoms in total. The SMILES string of the molecule is C[C@H]1Oc2ccc(-c3cn4ccsc4n3)cc2NC1=O. The van der Waals surface area contributed by atoms with Crippen molar-refractivity contribution in [3.8, 4) is 17.0 Å². The normalized spacial score (nSPS) is 17.6. The first-order valence-corrected chi connectivity index (χ1v) is 7.13. The Bertz CT molecular complexity index is 792. The maximum absolute atomic E-state index is 11.6. The smallest absolute Gasteiger partial charge is 0.265 e. The molecule has 3 aromatic rings. The van der Waals surface area contributed by atoms with Crippen molar-refractivity contribution < 1.29 is 9.53 Å². The minimum atomic E-state index is -0.453. The molecule has 1 aliphatic heterocycles. The fourth-order valence-electron chi connectivity index (χ4n) is 2.23. The van der Waals surface area contributed by atoms with Gasteiger partial charge in [-0.15, -0.1) is 11.3 Å². The zero-order valence-corrected chi connectivity index (χ0v) is 11.5. The number of hydrogen-bond acceptors (Lipinski definition) is 4. The molecule has 1 aromatic carbocycles. The summed E-state index contributed by atoms with van der Waals surface area (Å²) in [5.41, 5.74) is 2.53. The van der Waals surface area contributed by atoms with E-state index in [2.05, 4.69) is 10.3 Å². The van der Waals surface area contributed by atoms with Crippen LogP contribution in [0, 0.1) is 0 Å². The van der Waals surface area contributed by atoms with Crippen molar-refractivity contribution in [2.24, 2.45) is 0 Å². The molecule has 20 heavy (non-hydrogen) atoms. The number of benzene rings is 1. The number of amides is 1. The van der Waals surface area contributed by atoms with Crippen molar-refractivity contribution in [2.75, 3.05) is 5.32 Å². The van der Waals surface area contributed by atoms with Crippen molar-refractivity contribution in [1.29, 1.82) is 0 Å². The van der Waals surface area contributed by atoms with Crippen LogP contribution in [-0.4, -0.2) is 21.4 Å². The highest BCUT2D eigenvalue weighted by Gasteiger charge is 2.23. The molecular weight excluding hydrogens is 274 g/mol. The van der Waals surface area contributed by atoms with Crippen LogP contribution in [0.1, 0.15) is 6.92 Å². The minimum Gasteiger partial charge on any atom is -0.479 e. The van der Waals surface area contributed by atoms with Crippen LogP contribution in [0.25, 0.3) is 16.2 Å². The third kappa shape index (κ3) is 1.69. The van der Waals surface area contributed by atoms with Crippen LogP contribution in [0.2, 0.25) is 0 Å². The topological polar surface area (TPSA) is 55.6 Å². The molecule has 0 bridgehead atoms. The predicted molar refractivity (Wildman–Crippen MR) is 77.2 cm³/mol. The summed E-state index contributed by atoms with van der Waals surface area (Å²) < 4.78 is 7.53. The van der Waals surface area contributed by atoms with Crippen LogP contribution in [0.5, 0.6) is 5.75 Å². The molecule has 0 spiro atoms. The zero-order valence-electron chi connectivity index (χ0n) is 10.7. The lowest BCUT2D eigenvalue weighted by atomic mass is 10.1. The third-order valence-electron chi connectivity index (χ3n) is 3.30. The number of nitrogens with one attached hydrogen (secondary N) is 1. The Kier molecular flexibility index (Phi) is 2.34. The van der Waals surface area contributed by atoms with Crippen molar-refractivity contribution >= 4 is 27.9 Å². The second kappa shape index (κ2) is 4.08. The Labute approximate surface area is 118 Å². The number of carbonyl (C=O) groups is 1. The Morgan fingerprint density at radius 3 is 3.20 bits per heavy atom. The van der Waals surface area contributed by atoms with E-state index in [1.807, 2.05) is 40.4 Å². The molecule has 3 heterocycles. The van der Waals surface area contributed by atoms with Gasteiger partial charge in [0.15, 0.2) is 11.1 Å². The molecule has 6 heteroatoms. The fraction of sp³-hybridized carbons (Fsp3) is 0.143. The van der Waals surface area contributed by atoms with Crippen LogP contribution >= 0.6 is 11.3 Å². The Morgan fingerprint density at radius 2 is 2.35 bits per heavy atom. The predicted octanol–water partition coefficient (Wildman–Crippen LogP) is 2.78. The van der Waals surface area contributed by atoms with Gasteiger partial charge in [0.25, 0.3) is 5.91 Å². The first-order valence-electron chi connectivity index (χ1n) is 6.25. The number of thiazole rings is 1. The lowest BCUT2D eigenvalue weighted by Gasteiger charge is -2.23. The second-order valence-corrected chi connectivity index (χ2v) is 5.55. The summed E-state index contributed by atoms with van der Waals surface area (Å²) in [6.07, 6.45) is 3.50. The number of hydrogen-bond donors (Lipinski definition) is 1. The average Bonchev–Trinajstić information content (AvgIpc) is 3.00. The van der Waals surface area contributed by atoms with Gasteiger partial charge in [0, 0.05) is 23.3 Å². The molecule has 1 aliphatic rings. The molecule has 0 fully saturated rings. The van der Waals surface area contributed by atoms with Gasteiger partial charge in [0.2, 0.25) is 0 Å². The molecule has 0 aliphatic carbocycles. The van der Waals surface area contributed by atoms with E-state index in [0.29, 0.717) is 11.4 Å². The van der Waals surface area contributed by atoms with Gasteiger partial charge < -0.3 is 10.1 Å².